The predicted octanol–water partition coefficient (Wildman–Crippen LogP) is 3.91. The van der Waals surface area contributed by atoms with Crippen LogP contribution >= 0.6 is 23.2 Å². The number of nitrogens with one attached hydrogen (secondary N) is 1. The zero-order valence-electron chi connectivity index (χ0n) is 11.4. The fourth-order valence-corrected chi connectivity index (χ4v) is 2.04. The molecule has 2 rings (SSSR count). The highest BCUT2D eigenvalue weighted by atomic mass is 35.5. The van der Waals surface area contributed by atoms with E-state index in [-0.39, 0.29) is 16.3 Å². The van der Waals surface area contributed by atoms with Crippen LogP contribution in [0.15, 0.2) is 41.5 Å². The second-order valence-electron chi connectivity index (χ2n) is 4.22. The number of rotatable bonds is 4. The summed E-state index contributed by atoms with van der Waals surface area (Å²) in [7, 11) is 1.38. The molecule has 22 heavy (non-hydrogen) atoms. The van der Waals surface area contributed by atoms with E-state index in [2.05, 4.69) is 10.5 Å². The van der Waals surface area contributed by atoms with E-state index in [9.17, 15) is 9.18 Å². The third-order valence-corrected chi connectivity index (χ3v) is 3.29. The minimum atomic E-state index is -0.518. The van der Waals surface area contributed by atoms with Crippen LogP contribution in [0.4, 0.5) is 4.39 Å². The topological polar surface area (TPSA) is 50.7 Å². The normalized spacial score (nSPS) is 10.7. The summed E-state index contributed by atoms with van der Waals surface area (Å²) < 4.78 is 18.3. The van der Waals surface area contributed by atoms with Gasteiger partial charge in [0.05, 0.1) is 23.9 Å². The molecule has 0 aliphatic carbocycles. The molecule has 0 aliphatic rings. The van der Waals surface area contributed by atoms with Crippen molar-refractivity contribution in [1.29, 1.82) is 0 Å². The van der Waals surface area contributed by atoms with Crippen LogP contribution in [0.2, 0.25) is 10.0 Å². The Bertz CT molecular complexity index is 735. The lowest BCUT2D eigenvalue weighted by Gasteiger charge is -2.03. The van der Waals surface area contributed by atoms with Crippen LogP contribution in [0.1, 0.15) is 15.9 Å². The number of methoxy groups -OCH3 is 1. The molecule has 0 heterocycles. The van der Waals surface area contributed by atoms with Crippen molar-refractivity contribution in [2.75, 3.05) is 7.11 Å². The van der Waals surface area contributed by atoms with Gasteiger partial charge >= 0.3 is 0 Å². The third-order valence-electron chi connectivity index (χ3n) is 2.73. The lowest BCUT2D eigenvalue weighted by Crippen LogP contribution is -2.18. The first-order chi connectivity index (χ1) is 10.5. The predicted molar refractivity (Wildman–Crippen MR) is 84.5 cm³/mol. The first-order valence-corrected chi connectivity index (χ1v) is 6.89. The van der Waals surface area contributed by atoms with Crippen LogP contribution in [0.5, 0.6) is 5.75 Å². The van der Waals surface area contributed by atoms with Crippen molar-refractivity contribution in [2.24, 2.45) is 5.10 Å². The van der Waals surface area contributed by atoms with Crippen molar-refractivity contribution in [3.63, 3.8) is 0 Å². The van der Waals surface area contributed by atoms with Gasteiger partial charge in [0.25, 0.3) is 5.91 Å². The van der Waals surface area contributed by atoms with Gasteiger partial charge in [-0.3, -0.25) is 4.79 Å². The standard InChI is InChI=1S/C15H11Cl2FN2O2/c1-22-14-5-2-9(6-13(14)18)8-19-20-15(21)11-7-10(16)3-4-12(11)17/h2-8H,1H3,(H,20,21)/b19-8-. The van der Waals surface area contributed by atoms with Gasteiger partial charge in [0.15, 0.2) is 11.6 Å². The van der Waals surface area contributed by atoms with Crippen LogP contribution < -0.4 is 10.2 Å². The maximum absolute atomic E-state index is 13.5. The first-order valence-electron chi connectivity index (χ1n) is 6.13. The maximum Gasteiger partial charge on any atom is 0.272 e. The number of amides is 1. The van der Waals surface area contributed by atoms with E-state index in [4.69, 9.17) is 27.9 Å². The number of hydrazone groups is 1. The van der Waals surface area contributed by atoms with Crippen molar-refractivity contribution < 1.29 is 13.9 Å². The minimum absolute atomic E-state index is 0.131. The molecule has 0 unspecified atom stereocenters. The van der Waals surface area contributed by atoms with E-state index in [1.807, 2.05) is 0 Å². The summed E-state index contributed by atoms with van der Waals surface area (Å²) in [5.41, 5.74) is 2.97. The summed E-state index contributed by atoms with van der Waals surface area (Å²) in [6, 6.07) is 8.82. The van der Waals surface area contributed by atoms with Crippen LogP contribution in [0, 0.1) is 5.82 Å². The van der Waals surface area contributed by atoms with Crippen molar-refractivity contribution >= 4 is 35.3 Å². The second-order valence-corrected chi connectivity index (χ2v) is 5.06. The number of nitrogens with zero attached hydrogens (tertiary/aromatic N) is 1. The Balaban J connectivity index is 2.07. The molecule has 2 aromatic rings. The molecule has 114 valence electrons. The van der Waals surface area contributed by atoms with E-state index in [0.29, 0.717) is 10.6 Å². The minimum Gasteiger partial charge on any atom is -0.494 e. The molecule has 1 amide bonds. The highest BCUT2D eigenvalue weighted by Crippen LogP contribution is 2.20. The Morgan fingerprint density at radius 3 is 2.73 bits per heavy atom. The summed E-state index contributed by atoms with van der Waals surface area (Å²) in [6.45, 7) is 0. The van der Waals surface area contributed by atoms with Gasteiger partial charge in [0.2, 0.25) is 0 Å². The zero-order valence-corrected chi connectivity index (χ0v) is 13.0. The summed E-state index contributed by atoms with van der Waals surface area (Å²) in [4.78, 5) is 11.9. The molecular formula is C15H11Cl2FN2O2. The lowest BCUT2D eigenvalue weighted by molar-refractivity contribution is 0.0955. The number of hydrogen-bond acceptors (Lipinski definition) is 3. The van der Waals surface area contributed by atoms with Gasteiger partial charge in [-0.25, -0.2) is 9.82 Å². The lowest BCUT2D eigenvalue weighted by atomic mass is 10.2. The Morgan fingerprint density at radius 2 is 2.05 bits per heavy atom. The Hall–Kier alpha value is -2.11. The van der Waals surface area contributed by atoms with Crippen LogP contribution in [0.25, 0.3) is 0 Å². The maximum atomic E-state index is 13.5. The average Bonchev–Trinajstić information content (AvgIpc) is 2.49. The van der Waals surface area contributed by atoms with Crippen molar-refractivity contribution in [2.45, 2.75) is 0 Å². The van der Waals surface area contributed by atoms with Crippen LogP contribution in [-0.2, 0) is 0 Å². The van der Waals surface area contributed by atoms with E-state index in [1.165, 1.54) is 37.6 Å². The number of ether oxygens (including phenoxy) is 1. The highest BCUT2D eigenvalue weighted by Gasteiger charge is 2.10. The number of halogens is 3. The molecule has 7 heteroatoms. The number of carbonyl (C=O) groups is 1. The monoisotopic (exact) mass is 340 g/mol. The fraction of sp³-hybridized carbons (Fsp3) is 0.0667. The van der Waals surface area contributed by atoms with Gasteiger partial charge in [0, 0.05) is 5.02 Å². The zero-order chi connectivity index (χ0) is 16.1. The first kappa shape index (κ1) is 16.3. The average molecular weight is 341 g/mol. The largest absolute Gasteiger partial charge is 0.494 e. The highest BCUT2D eigenvalue weighted by molar-refractivity contribution is 6.35. The molecular weight excluding hydrogens is 330 g/mol. The second kappa shape index (κ2) is 7.24. The van der Waals surface area contributed by atoms with Gasteiger partial charge in [0.1, 0.15) is 0 Å². The van der Waals surface area contributed by atoms with Crippen LogP contribution in [0.3, 0.4) is 0 Å². The van der Waals surface area contributed by atoms with Crippen molar-refractivity contribution in [3.05, 3.63) is 63.4 Å². The molecule has 0 spiro atoms. The molecule has 4 nitrogen and oxygen atoms in total. The summed E-state index contributed by atoms with van der Waals surface area (Å²) in [6.07, 6.45) is 1.30. The van der Waals surface area contributed by atoms with Gasteiger partial charge in [-0.1, -0.05) is 23.2 Å². The van der Waals surface area contributed by atoms with Gasteiger partial charge < -0.3 is 4.74 Å². The van der Waals surface area contributed by atoms with Crippen molar-refractivity contribution in [3.8, 4) is 5.75 Å². The Labute approximate surface area is 136 Å². The molecule has 0 bridgehead atoms. The van der Waals surface area contributed by atoms with E-state index >= 15 is 0 Å². The van der Waals surface area contributed by atoms with Gasteiger partial charge in [-0.2, -0.15) is 5.10 Å². The molecule has 2 aromatic carbocycles. The quantitative estimate of drug-likeness (QED) is 0.677. The molecule has 0 saturated carbocycles. The summed E-state index contributed by atoms with van der Waals surface area (Å²) in [5, 5.41) is 4.39. The molecule has 0 aliphatic heterocycles. The summed E-state index contributed by atoms with van der Waals surface area (Å²) >= 11 is 11.7. The summed E-state index contributed by atoms with van der Waals surface area (Å²) in [5.74, 6) is -0.903. The molecule has 0 fully saturated rings. The van der Waals surface area contributed by atoms with E-state index in [1.54, 1.807) is 12.1 Å². The molecule has 0 radical (unpaired) electrons. The number of hydrogen-bond donors (Lipinski definition) is 1. The van der Waals surface area contributed by atoms with E-state index in [0.717, 1.165) is 0 Å². The fourth-order valence-electron chi connectivity index (χ4n) is 1.66. The van der Waals surface area contributed by atoms with Gasteiger partial charge in [-0.15, -0.1) is 0 Å². The molecule has 1 N–H and O–H groups in total. The van der Waals surface area contributed by atoms with Crippen LogP contribution in [-0.4, -0.2) is 19.2 Å². The smallest absolute Gasteiger partial charge is 0.272 e. The number of benzene rings is 2. The third kappa shape index (κ3) is 3.96. The SMILES string of the molecule is COc1ccc(/C=N\NC(=O)c2cc(Cl)ccc2Cl)cc1F. The molecule has 0 aromatic heterocycles. The molecule has 0 atom stereocenters. The van der Waals surface area contributed by atoms with Crippen molar-refractivity contribution in [1.82, 2.24) is 5.43 Å². The Morgan fingerprint density at radius 1 is 1.27 bits per heavy atom. The Kier molecular flexibility index (Phi) is 5.35. The molecule has 0 saturated heterocycles. The van der Waals surface area contributed by atoms with E-state index < -0.39 is 11.7 Å². The number of carbonyl (C=O) groups excluding carboxylic acids is 1. The van der Waals surface area contributed by atoms with Gasteiger partial charge in [-0.05, 0) is 42.0 Å².